The van der Waals surface area contributed by atoms with Gasteiger partial charge in [0.15, 0.2) is 0 Å². The first-order chi connectivity index (χ1) is 9.51. The van der Waals surface area contributed by atoms with Crippen LogP contribution in [0.1, 0.15) is 16.5 Å². The zero-order valence-corrected chi connectivity index (χ0v) is 14.9. The quantitative estimate of drug-likeness (QED) is 0.778. The summed E-state index contributed by atoms with van der Waals surface area (Å²) < 4.78 is 1.79. The van der Waals surface area contributed by atoms with Crippen LogP contribution in [0.25, 0.3) is 0 Å². The number of nitrogens with two attached hydrogens (primary N) is 1. The Hall–Kier alpha value is -0.100. The lowest BCUT2D eigenvalue weighted by Gasteiger charge is -2.27. The van der Waals surface area contributed by atoms with Gasteiger partial charge < -0.3 is 5.73 Å². The van der Waals surface area contributed by atoms with Gasteiger partial charge in [-0.1, -0.05) is 45.2 Å². The van der Waals surface area contributed by atoms with Gasteiger partial charge in [-0.15, -0.1) is 11.3 Å². The molecule has 1 unspecified atom stereocenters. The van der Waals surface area contributed by atoms with Crippen LogP contribution in [-0.4, -0.2) is 18.5 Å². The van der Waals surface area contributed by atoms with E-state index in [4.69, 9.17) is 28.9 Å². The molecule has 2 nitrogen and oxygen atoms in total. The third-order valence-electron chi connectivity index (χ3n) is 3.11. The standard InChI is InChI=1S/C14H15BrCl2N2S/c1-19(8-10-3-5-14(17)20-10)13(7-18)11-4-2-9(16)6-12(11)15/h2-6,13H,7-8,18H2,1H3. The summed E-state index contributed by atoms with van der Waals surface area (Å²) in [7, 11) is 2.06. The molecule has 108 valence electrons. The fraction of sp³-hybridized carbons (Fsp3) is 0.286. The van der Waals surface area contributed by atoms with Crippen molar-refractivity contribution < 1.29 is 0 Å². The van der Waals surface area contributed by atoms with Gasteiger partial charge in [0.1, 0.15) is 0 Å². The minimum absolute atomic E-state index is 0.127. The molecule has 6 heteroatoms. The summed E-state index contributed by atoms with van der Waals surface area (Å²) in [5, 5.41) is 0.712. The lowest BCUT2D eigenvalue weighted by Crippen LogP contribution is -2.30. The molecule has 0 saturated carbocycles. The van der Waals surface area contributed by atoms with Crippen LogP contribution >= 0.6 is 50.5 Å². The SMILES string of the molecule is CN(Cc1ccc(Cl)s1)C(CN)c1ccc(Cl)cc1Br. The molecule has 0 spiro atoms. The molecule has 0 saturated heterocycles. The summed E-state index contributed by atoms with van der Waals surface area (Å²) in [5.74, 6) is 0. The van der Waals surface area contributed by atoms with Crippen molar-refractivity contribution in [2.75, 3.05) is 13.6 Å². The number of benzene rings is 1. The van der Waals surface area contributed by atoms with Crippen molar-refractivity contribution in [3.63, 3.8) is 0 Å². The lowest BCUT2D eigenvalue weighted by molar-refractivity contribution is 0.243. The molecule has 0 aliphatic rings. The van der Waals surface area contributed by atoms with E-state index >= 15 is 0 Å². The van der Waals surface area contributed by atoms with Crippen LogP contribution in [0.3, 0.4) is 0 Å². The highest BCUT2D eigenvalue weighted by Crippen LogP contribution is 2.31. The molecular weight excluding hydrogens is 379 g/mol. The molecular formula is C14H15BrCl2N2S. The van der Waals surface area contributed by atoms with Crippen LogP contribution in [0.2, 0.25) is 9.36 Å². The number of thiophene rings is 1. The van der Waals surface area contributed by atoms with E-state index in [0.717, 1.165) is 20.9 Å². The molecule has 0 aliphatic heterocycles. The van der Waals surface area contributed by atoms with Gasteiger partial charge in [0.25, 0.3) is 0 Å². The largest absolute Gasteiger partial charge is 0.329 e. The van der Waals surface area contributed by atoms with Crippen molar-refractivity contribution in [1.82, 2.24) is 4.90 Å². The molecule has 0 bridgehead atoms. The van der Waals surface area contributed by atoms with Gasteiger partial charge in [-0.3, -0.25) is 4.90 Å². The monoisotopic (exact) mass is 392 g/mol. The second kappa shape index (κ2) is 7.25. The number of likely N-dealkylation sites (N-methyl/N-ethyl adjacent to an activating group) is 1. The van der Waals surface area contributed by atoms with E-state index in [0.29, 0.717) is 11.6 Å². The van der Waals surface area contributed by atoms with Crippen molar-refractivity contribution in [3.05, 3.63) is 54.6 Å². The van der Waals surface area contributed by atoms with Crippen LogP contribution in [0, 0.1) is 0 Å². The predicted octanol–water partition coefficient (Wildman–Crippen LogP) is 4.95. The summed E-state index contributed by atoms with van der Waals surface area (Å²) in [4.78, 5) is 3.44. The molecule has 0 amide bonds. The molecule has 1 atom stereocenters. The third-order valence-corrected chi connectivity index (χ3v) is 5.25. The lowest BCUT2D eigenvalue weighted by atomic mass is 10.1. The molecule has 2 rings (SSSR count). The van der Waals surface area contributed by atoms with E-state index in [1.165, 1.54) is 4.88 Å². The van der Waals surface area contributed by atoms with E-state index in [1.54, 1.807) is 11.3 Å². The van der Waals surface area contributed by atoms with Crippen molar-refractivity contribution in [3.8, 4) is 0 Å². The average Bonchev–Trinajstić information content (AvgIpc) is 2.78. The zero-order chi connectivity index (χ0) is 14.7. The maximum absolute atomic E-state index is 5.99. The Morgan fingerprint density at radius 3 is 2.60 bits per heavy atom. The first-order valence-electron chi connectivity index (χ1n) is 6.10. The van der Waals surface area contributed by atoms with Gasteiger partial charge in [0.2, 0.25) is 0 Å². The van der Waals surface area contributed by atoms with Gasteiger partial charge in [0.05, 0.1) is 4.34 Å². The highest BCUT2D eigenvalue weighted by Gasteiger charge is 2.19. The van der Waals surface area contributed by atoms with Crippen LogP contribution in [0.15, 0.2) is 34.8 Å². The molecule has 0 aliphatic carbocycles. The predicted molar refractivity (Wildman–Crippen MR) is 91.7 cm³/mol. The van der Waals surface area contributed by atoms with Gasteiger partial charge in [-0.05, 0) is 36.9 Å². The van der Waals surface area contributed by atoms with Crippen molar-refractivity contribution in [1.29, 1.82) is 0 Å². The smallest absolute Gasteiger partial charge is 0.0931 e. The molecule has 2 N–H and O–H groups in total. The molecule has 2 aromatic rings. The van der Waals surface area contributed by atoms with Crippen LogP contribution in [-0.2, 0) is 6.54 Å². The number of halogens is 3. The summed E-state index contributed by atoms with van der Waals surface area (Å²) >= 11 is 17.1. The van der Waals surface area contributed by atoms with Gasteiger partial charge in [-0.2, -0.15) is 0 Å². The minimum atomic E-state index is 0.127. The second-order valence-corrected chi connectivity index (χ2v) is 7.63. The van der Waals surface area contributed by atoms with Gasteiger partial charge >= 0.3 is 0 Å². The number of nitrogens with zero attached hydrogens (tertiary/aromatic N) is 1. The fourth-order valence-corrected chi connectivity index (χ4v) is 4.21. The Balaban J connectivity index is 2.18. The van der Waals surface area contributed by atoms with Crippen LogP contribution in [0.4, 0.5) is 0 Å². The Morgan fingerprint density at radius 2 is 2.05 bits per heavy atom. The Kier molecular flexibility index (Phi) is 5.90. The second-order valence-electron chi connectivity index (χ2n) is 4.54. The van der Waals surface area contributed by atoms with Crippen molar-refractivity contribution in [2.24, 2.45) is 5.73 Å². The van der Waals surface area contributed by atoms with Crippen LogP contribution < -0.4 is 5.73 Å². The topological polar surface area (TPSA) is 29.3 Å². The number of rotatable bonds is 5. The third kappa shape index (κ3) is 3.97. The van der Waals surface area contributed by atoms with E-state index < -0.39 is 0 Å². The molecule has 1 aromatic heterocycles. The number of hydrogen-bond acceptors (Lipinski definition) is 3. The van der Waals surface area contributed by atoms with E-state index in [2.05, 4.69) is 27.9 Å². The summed E-state index contributed by atoms with van der Waals surface area (Å²) in [6.45, 7) is 1.35. The summed E-state index contributed by atoms with van der Waals surface area (Å²) in [6.07, 6.45) is 0. The molecule has 1 heterocycles. The molecule has 0 radical (unpaired) electrons. The average molecular weight is 394 g/mol. The summed E-state index contributed by atoms with van der Waals surface area (Å²) in [6, 6.07) is 9.90. The van der Waals surface area contributed by atoms with Crippen LogP contribution in [0.5, 0.6) is 0 Å². The van der Waals surface area contributed by atoms with E-state index in [-0.39, 0.29) is 6.04 Å². The first kappa shape index (κ1) is 16.3. The Morgan fingerprint density at radius 1 is 1.30 bits per heavy atom. The molecule has 20 heavy (non-hydrogen) atoms. The molecule has 0 fully saturated rings. The highest BCUT2D eigenvalue weighted by atomic mass is 79.9. The Bertz CT molecular complexity index is 588. The Labute approximate surface area is 141 Å². The van der Waals surface area contributed by atoms with Crippen molar-refractivity contribution >= 4 is 50.5 Å². The first-order valence-corrected chi connectivity index (χ1v) is 8.47. The maximum Gasteiger partial charge on any atom is 0.0931 e. The van der Waals surface area contributed by atoms with Gasteiger partial charge in [0, 0.05) is 33.5 Å². The maximum atomic E-state index is 5.99. The normalized spacial score (nSPS) is 12.9. The highest BCUT2D eigenvalue weighted by molar-refractivity contribution is 9.10. The summed E-state index contributed by atoms with van der Waals surface area (Å²) in [5.41, 5.74) is 7.09. The minimum Gasteiger partial charge on any atom is -0.329 e. The van der Waals surface area contributed by atoms with E-state index in [9.17, 15) is 0 Å². The van der Waals surface area contributed by atoms with E-state index in [1.807, 2.05) is 30.3 Å². The molecule has 1 aromatic carbocycles. The fourth-order valence-electron chi connectivity index (χ4n) is 2.11. The zero-order valence-electron chi connectivity index (χ0n) is 10.9. The number of hydrogen-bond donors (Lipinski definition) is 1. The van der Waals surface area contributed by atoms with Crippen molar-refractivity contribution in [2.45, 2.75) is 12.6 Å². The van der Waals surface area contributed by atoms with Gasteiger partial charge in [-0.25, -0.2) is 0 Å².